The van der Waals surface area contributed by atoms with E-state index in [4.69, 9.17) is 14.2 Å². The Labute approximate surface area is 168 Å². The van der Waals surface area contributed by atoms with E-state index in [0.717, 1.165) is 0 Å². The Morgan fingerprint density at radius 3 is 2.00 bits per heavy atom. The summed E-state index contributed by atoms with van der Waals surface area (Å²) in [5.74, 6) is -1.25. The summed E-state index contributed by atoms with van der Waals surface area (Å²) in [4.78, 5) is 24.5. The summed E-state index contributed by atoms with van der Waals surface area (Å²) < 4.78 is 15.8. The van der Waals surface area contributed by atoms with E-state index in [1.807, 2.05) is 0 Å². The van der Waals surface area contributed by atoms with Crippen LogP contribution in [-0.2, 0) is 14.2 Å². The first-order chi connectivity index (χ1) is 14.0. The SMILES string of the molecule is CO[C@@H]1C=C(COC(=O)c2ccccc2)[C@H](O)[C@H](OC(=O)c2ccccc2)[C@@H]1O. The predicted molar refractivity (Wildman–Crippen MR) is 103 cm³/mol. The van der Waals surface area contributed by atoms with E-state index in [0.29, 0.717) is 5.56 Å². The number of carbonyl (C=O) groups is 2. The minimum atomic E-state index is -1.35. The second-order valence-corrected chi connectivity index (χ2v) is 6.56. The van der Waals surface area contributed by atoms with Gasteiger partial charge in [0.25, 0.3) is 0 Å². The summed E-state index contributed by atoms with van der Waals surface area (Å²) in [5, 5.41) is 21.1. The van der Waals surface area contributed by atoms with Crippen molar-refractivity contribution in [2.24, 2.45) is 0 Å². The average molecular weight is 398 g/mol. The summed E-state index contributed by atoms with van der Waals surface area (Å²) in [7, 11) is 1.38. The third-order valence-corrected chi connectivity index (χ3v) is 4.65. The summed E-state index contributed by atoms with van der Waals surface area (Å²) in [5.41, 5.74) is 0.929. The van der Waals surface area contributed by atoms with Gasteiger partial charge in [0.1, 0.15) is 24.9 Å². The normalized spacial score (nSPS) is 23.8. The molecule has 2 N–H and O–H groups in total. The average Bonchev–Trinajstić information content (AvgIpc) is 2.77. The van der Waals surface area contributed by atoms with E-state index in [1.165, 1.54) is 13.2 Å². The Kier molecular flexibility index (Phi) is 6.77. The molecule has 152 valence electrons. The van der Waals surface area contributed by atoms with Gasteiger partial charge in [-0.1, -0.05) is 36.4 Å². The number of hydrogen-bond acceptors (Lipinski definition) is 7. The van der Waals surface area contributed by atoms with E-state index < -0.39 is 36.4 Å². The van der Waals surface area contributed by atoms with Crippen molar-refractivity contribution in [3.8, 4) is 0 Å². The van der Waals surface area contributed by atoms with E-state index in [-0.39, 0.29) is 17.7 Å². The molecule has 0 heterocycles. The van der Waals surface area contributed by atoms with Gasteiger partial charge in [0.15, 0.2) is 6.10 Å². The standard InChI is InChI=1S/C22H22O7/c1-27-17-12-16(13-28-21(25)14-8-4-2-5-9-14)18(23)20(19(17)24)29-22(26)15-10-6-3-7-11-15/h2-12,17-20,23-24H,13H2,1H3/t17-,18+,19-,20+/m1/s1. The summed E-state index contributed by atoms with van der Waals surface area (Å²) in [6.45, 7) is -0.235. The fourth-order valence-corrected chi connectivity index (χ4v) is 3.04. The topological polar surface area (TPSA) is 102 Å². The highest BCUT2D eigenvalue weighted by atomic mass is 16.6. The molecule has 0 fully saturated rings. The van der Waals surface area contributed by atoms with Crippen LogP contribution in [0.15, 0.2) is 72.3 Å². The van der Waals surface area contributed by atoms with Gasteiger partial charge in [-0.2, -0.15) is 0 Å². The Morgan fingerprint density at radius 1 is 0.897 bits per heavy atom. The maximum atomic E-state index is 12.4. The third-order valence-electron chi connectivity index (χ3n) is 4.65. The van der Waals surface area contributed by atoms with Gasteiger partial charge in [-0.05, 0) is 35.9 Å². The molecule has 29 heavy (non-hydrogen) atoms. The number of rotatable bonds is 6. The molecule has 0 spiro atoms. The number of ether oxygens (including phenoxy) is 3. The Morgan fingerprint density at radius 2 is 1.45 bits per heavy atom. The quantitative estimate of drug-likeness (QED) is 0.564. The minimum absolute atomic E-state index is 0.235. The fourth-order valence-electron chi connectivity index (χ4n) is 3.04. The number of benzene rings is 2. The maximum absolute atomic E-state index is 12.4. The van der Waals surface area contributed by atoms with Crippen LogP contribution in [0.1, 0.15) is 20.7 Å². The summed E-state index contributed by atoms with van der Waals surface area (Å²) >= 11 is 0. The number of aliphatic hydroxyl groups is 2. The number of aliphatic hydroxyl groups excluding tert-OH is 2. The van der Waals surface area contributed by atoms with Crippen LogP contribution in [-0.4, -0.2) is 60.3 Å². The molecule has 0 saturated carbocycles. The van der Waals surface area contributed by atoms with E-state index in [2.05, 4.69) is 0 Å². The van der Waals surface area contributed by atoms with Gasteiger partial charge in [0.2, 0.25) is 0 Å². The maximum Gasteiger partial charge on any atom is 0.338 e. The van der Waals surface area contributed by atoms with Crippen LogP contribution >= 0.6 is 0 Å². The van der Waals surface area contributed by atoms with Crippen molar-refractivity contribution in [3.05, 3.63) is 83.4 Å². The van der Waals surface area contributed by atoms with Gasteiger partial charge in [-0.25, -0.2) is 9.59 Å². The van der Waals surface area contributed by atoms with Crippen molar-refractivity contribution >= 4 is 11.9 Å². The molecule has 0 bridgehead atoms. The van der Waals surface area contributed by atoms with Gasteiger partial charge in [-0.3, -0.25) is 0 Å². The monoisotopic (exact) mass is 398 g/mol. The molecular formula is C22H22O7. The molecule has 2 aromatic rings. The van der Waals surface area contributed by atoms with Gasteiger partial charge >= 0.3 is 11.9 Å². The highest BCUT2D eigenvalue weighted by Crippen LogP contribution is 2.26. The smallest absolute Gasteiger partial charge is 0.338 e. The molecule has 0 saturated heterocycles. The summed E-state index contributed by atoms with van der Waals surface area (Å²) in [6, 6.07) is 16.7. The molecule has 7 nitrogen and oxygen atoms in total. The second-order valence-electron chi connectivity index (χ2n) is 6.56. The Hall–Kier alpha value is -3.00. The first-order valence-corrected chi connectivity index (χ1v) is 9.09. The van der Waals surface area contributed by atoms with Gasteiger partial charge in [0, 0.05) is 7.11 Å². The molecule has 0 aliphatic heterocycles. The predicted octanol–water partition coefficient (Wildman–Crippen LogP) is 1.75. The molecule has 0 radical (unpaired) electrons. The lowest BCUT2D eigenvalue weighted by atomic mass is 9.89. The number of carbonyl (C=O) groups excluding carboxylic acids is 2. The van der Waals surface area contributed by atoms with Crippen molar-refractivity contribution in [3.63, 3.8) is 0 Å². The van der Waals surface area contributed by atoms with Crippen LogP contribution in [0, 0.1) is 0 Å². The molecule has 0 aromatic heterocycles. The Bertz CT molecular complexity index is 863. The summed E-state index contributed by atoms with van der Waals surface area (Å²) in [6.07, 6.45) is -3.27. The number of hydrogen-bond donors (Lipinski definition) is 2. The van der Waals surface area contributed by atoms with Crippen LogP contribution in [0.2, 0.25) is 0 Å². The van der Waals surface area contributed by atoms with Crippen LogP contribution in [0.4, 0.5) is 0 Å². The van der Waals surface area contributed by atoms with Crippen LogP contribution < -0.4 is 0 Å². The van der Waals surface area contributed by atoms with Crippen molar-refractivity contribution in [2.45, 2.75) is 24.4 Å². The van der Waals surface area contributed by atoms with E-state index in [9.17, 15) is 19.8 Å². The largest absolute Gasteiger partial charge is 0.457 e. The van der Waals surface area contributed by atoms with E-state index in [1.54, 1.807) is 60.7 Å². The highest BCUT2D eigenvalue weighted by molar-refractivity contribution is 5.90. The zero-order valence-corrected chi connectivity index (χ0v) is 15.8. The molecule has 7 heteroatoms. The lowest BCUT2D eigenvalue weighted by Crippen LogP contribution is -2.52. The molecule has 3 rings (SSSR count). The molecule has 1 aliphatic rings. The number of esters is 2. The molecule has 2 aromatic carbocycles. The molecule has 0 amide bonds. The van der Waals surface area contributed by atoms with Crippen LogP contribution in [0.5, 0.6) is 0 Å². The first kappa shape index (κ1) is 20.7. The Balaban J connectivity index is 1.72. The molecule has 1 aliphatic carbocycles. The molecule has 0 unspecified atom stereocenters. The van der Waals surface area contributed by atoms with Crippen LogP contribution in [0.3, 0.4) is 0 Å². The first-order valence-electron chi connectivity index (χ1n) is 9.09. The minimum Gasteiger partial charge on any atom is -0.457 e. The zero-order valence-electron chi connectivity index (χ0n) is 15.8. The van der Waals surface area contributed by atoms with Crippen LogP contribution in [0.25, 0.3) is 0 Å². The second kappa shape index (κ2) is 9.47. The van der Waals surface area contributed by atoms with Gasteiger partial charge in [-0.15, -0.1) is 0 Å². The lowest BCUT2D eigenvalue weighted by Gasteiger charge is -2.36. The highest BCUT2D eigenvalue weighted by Gasteiger charge is 2.41. The lowest BCUT2D eigenvalue weighted by molar-refractivity contribution is -0.111. The number of methoxy groups -OCH3 is 1. The van der Waals surface area contributed by atoms with Crippen molar-refractivity contribution in [1.82, 2.24) is 0 Å². The van der Waals surface area contributed by atoms with Crippen molar-refractivity contribution in [1.29, 1.82) is 0 Å². The zero-order chi connectivity index (χ0) is 20.8. The third kappa shape index (κ3) is 4.89. The van der Waals surface area contributed by atoms with Gasteiger partial charge < -0.3 is 24.4 Å². The van der Waals surface area contributed by atoms with Crippen molar-refractivity contribution < 1.29 is 34.0 Å². The molecule has 4 atom stereocenters. The molecular weight excluding hydrogens is 376 g/mol. The fraction of sp³-hybridized carbons (Fsp3) is 0.273. The van der Waals surface area contributed by atoms with E-state index >= 15 is 0 Å². The van der Waals surface area contributed by atoms with Crippen molar-refractivity contribution in [2.75, 3.05) is 13.7 Å². The van der Waals surface area contributed by atoms with Gasteiger partial charge in [0.05, 0.1) is 11.1 Å².